The number of aryl methyl sites for hydroxylation is 1. The standard InChI is InChI=1S/C15H21Cl2NO/c1-19-15-10-13(16)11(9-14(15)17)5-3-2-4-8-18-12-6-7-12/h9-10,12,18H,2-8H2,1H3. The van der Waals surface area contributed by atoms with Crippen LogP contribution in [0.15, 0.2) is 12.1 Å². The lowest BCUT2D eigenvalue weighted by molar-refractivity contribution is 0.415. The Morgan fingerprint density at radius 3 is 2.63 bits per heavy atom. The lowest BCUT2D eigenvalue weighted by atomic mass is 10.1. The zero-order chi connectivity index (χ0) is 13.7. The van der Waals surface area contributed by atoms with E-state index in [4.69, 9.17) is 27.9 Å². The predicted molar refractivity (Wildman–Crippen MR) is 81.6 cm³/mol. The molecule has 0 saturated heterocycles. The fraction of sp³-hybridized carbons (Fsp3) is 0.600. The van der Waals surface area contributed by atoms with Crippen LogP contribution in [0, 0.1) is 0 Å². The minimum Gasteiger partial charge on any atom is -0.495 e. The van der Waals surface area contributed by atoms with E-state index in [-0.39, 0.29) is 0 Å². The van der Waals surface area contributed by atoms with Gasteiger partial charge in [-0.3, -0.25) is 0 Å². The first kappa shape index (κ1) is 15.0. The normalized spacial score (nSPS) is 14.7. The fourth-order valence-electron chi connectivity index (χ4n) is 2.13. The number of halogens is 2. The van der Waals surface area contributed by atoms with E-state index in [2.05, 4.69) is 5.32 Å². The summed E-state index contributed by atoms with van der Waals surface area (Å²) in [6.07, 6.45) is 7.30. The highest BCUT2D eigenvalue weighted by Crippen LogP contribution is 2.31. The lowest BCUT2D eigenvalue weighted by Crippen LogP contribution is -2.17. The lowest BCUT2D eigenvalue weighted by Gasteiger charge is -2.09. The van der Waals surface area contributed by atoms with Crippen molar-refractivity contribution >= 4 is 23.2 Å². The molecule has 106 valence electrons. The molecule has 1 N–H and O–H groups in total. The molecule has 1 aliphatic rings. The minimum absolute atomic E-state index is 0.636. The molecular formula is C15H21Cl2NO. The maximum Gasteiger partial charge on any atom is 0.138 e. The topological polar surface area (TPSA) is 21.3 Å². The number of nitrogens with one attached hydrogen (secondary N) is 1. The molecular weight excluding hydrogens is 281 g/mol. The summed E-state index contributed by atoms with van der Waals surface area (Å²) in [7, 11) is 1.60. The summed E-state index contributed by atoms with van der Waals surface area (Å²) < 4.78 is 5.14. The van der Waals surface area contributed by atoms with Crippen LogP contribution < -0.4 is 10.1 Å². The van der Waals surface area contributed by atoms with Crippen LogP contribution in [0.5, 0.6) is 5.75 Å². The molecule has 0 atom stereocenters. The molecule has 0 heterocycles. The Bertz CT molecular complexity index is 419. The van der Waals surface area contributed by atoms with Crippen molar-refractivity contribution in [2.24, 2.45) is 0 Å². The highest BCUT2D eigenvalue weighted by Gasteiger charge is 2.19. The third-order valence-corrected chi connectivity index (χ3v) is 4.10. The molecule has 0 bridgehead atoms. The van der Waals surface area contributed by atoms with Gasteiger partial charge in [-0.05, 0) is 50.3 Å². The SMILES string of the molecule is COc1cc(Cl)c(CCCCCNC2CC2)cc1Cl. The number of hydrogen-bond donors (Lipinski definition) is 1. The Morgan fingerprint density at radius 2 is 1.95 bits per heavy atom. The molecule has 1 aromatic rings. The van der Waals surface area contributed by atoms with Gasteiger partial charge < -0.3 is 10.1 Å². The largest absolute Gasteiger partial charge is 0.495 e. The quantitative estimate of drug-likeness (QED) is 0.716. The Hall–Kier alpha value is -0.440. The minimum atomic E-state index is 0.636. The summed E-state index contributed by atoms with van der Waals surface area (Å²) in [6, 6.07) is 4.54. The van der Waals surface area contributed by atoms with Crippen LogP contribution >= 0.6 is 23.2 Å². The average Bonchev–Trinajstić information content (AvgIpc) is 3.21. The Balaban J connectivity index is 1.70. The molecule has 0 spiro atoms. The summed E-state index contributed by atoms with van der Waals surface area (Å²) in [4.78, 5) is 0. The third-order valence-electron chi connectivity index (χ3n) is 3.45. The van der Waals surface area contributed by atoms with Gasteiger partial charge in [0.1, 0.15) is 5.75 Å². The monoisotopic (exact) mass is 301 g/mol. The molecule has 2 nitrogen and oxygen atoms in total. The van der Waals surface area contributed by atoms with Crippen LogP contribution in [0.25, 0.3) is 0 Å². The maximum absolute atomic E-state index is 6.22. The highest BCUT2D eigenvalue weighted by molar-refractivity contribution is 6.34. The molecule has 0 radical (unpaired) electrons. The van der Waals surface area contributed by atoms with Gasteiger partial charge in [0.2, 0.25) is 0 Å². The van der Waals surface area contributed by atoms with Gasteiger partial charge in [0.05, 0.1) is 12.1 Å². The first-order valence-electron chi connectivity index (χ1n) is 6.96. The second-order valence-corrected chi connectivity index (χ2v) is 5.93. The molecule has 0 aromatic heterocycles. The van der Waals surface area contributed by atoms with Crippen molar-refractivity contribution in [3.63, 3.8) is 0 Å². The van der Waals surface area contributed by atoms with Gasteiger partial charge in [-0.2, -0.15) is 0 Å². The second-order valence-electron chi connectivity index (χ2n) is 5.12. The number of hydrogen-bond acceptors (Lipinski definition) is 2. The summed E-state index contributed by atoms with van der Waals surface area (Å²) in [5, 5.41) is 4.91. The molecule has 0 amide bonds. The van der Waals surface area contributed by atoms with Crippen molar-refractivity contribution in [1.82, 2.24) is 5.32 Å². The zero-order valence-electron chi connectivity index (χ0n) is 11.3. The van der Waals surface area contributed by atoms with E-state index >= 15 is 0 Å². The molecule has 0 unspecified atom stereocenters. The molecule has 19 heavy (non-hydrogen) atoms. The van der Waals surface area contributed by atoms with Gasteiger partial charge in [-0.15, -0.1) is 0 Å². The van der Waals surface area contributed by atoms with Crippen LogP contribution in [0.1, 0.15) is 37.7 Å². The summed E-state index contributed by atoms with van der Waals surface area (Å²) in [5.41, 5.74) is 1.11. The van der Waals surface area contributed by atoms with Gasteiger partial charge in [0.25, 0.3) is 0 Å². The molecule has 1 fully saturated rings. The molecule has 0 aliphatic heterocycles. The molecule has 1 aliphatic carbocycles. The molecule has 4 heteroatoms. The van der Waals surface area contributed by atoms with E-state index in [1.54, 1.807) is 13.2 Å². The predicted octanol–water partition coefficient (Wildman–Crippen LogP) is 4.47. The number of methoxy groups -OCH3 is 1. The van der Waals surface area contributed by atoms with E-state index in [1.807, 2.05) is 6.07 Å². The zero-order valence-corrected chi connectivity index (χ0v) is 12.9. The number of benzene rings is 1. The number of rotatable bonds is 8. The van der Waals surface area contributed by atoms with Crippen molar-refractivity contribution in [3.8, 4) is 5.75 Å². The van der Waals surface area contributed by atoms with Gasteiger partial charge in [0, 0.05) is 17.1 Å². The van der Waals surface area contributed by atoms with Gasteiger partial charge in [-0.1, -0.05) is 29.6 Å². The molecule has 1 saturated carbocycles. The average molecular weight is 302 g/mol. The Morgan fingerprint density at radius 1 is 1.16 bits per heavy atom. The van der Waals surface area contributed by atoms with Gasteiger partial charge in [-0.25, -0.2) is 0 Å². The van der Waals surface area contributed by atoms with E-state index in [0.717, 1.165) is 36.0 Å². The maximum atomic E-state index is 6.22. The summed E-state index contributed by atoms with van der Waals surface area (Å²) in [5.74, 6) is 0.643. The van der Waals surface area contributed by atoms with Gasteiger partial charge >= 0.3 is 0 Å². The van der Waals surface area contributed by atoms with Crippen molar-refractivity contribution in [1.29, 1.82) is 0 Å². The Labute approximate surface area is 125 Å². The fourth-order valence-corrected chi connectivity index (χ4v) is 2.64. The first-order chi connectivity index (χ1) is 9.20. The smallest absolute Gasteiger partial charge is 0.138 e. The van der Waals surface area contributed by atoms with Crippen LogP contribution in [0.3, 0.4) is 0 Å². The highest BCUT2D eigenvalue weighted by atomic mass is 35.5. The molecule has 2 rings (SSSR count). The van der Waals surface area contributed by atoms with Crippen molar-refractivity contribution < 1.29 is 4.74 Å². The first-order valence-corrected chi connectivity index (χ1v) is 7.71. The van der Waals surface area contributed by atoms with Crippen molar-refractivity contribution in [2.45, 2.75) is 44.6 Å². The number of unbranched alkanes of at least 4 members (excludes halogenated alkanes) is 2. The second kappa shape index (κ2) is 7.37. The molecule has 1 aromatic carbocycles. The van der Waals surface area contributed by atoms with Gasteiger partial charge in [0.15, 0.2) is 0 Å². The van der Waals surface area contributed by atoms with Crippen LogP contribution in [0.4, 0.5) is 0 Å². The number of ether oxygens (including phenoxy) is 1. The van der Waals surface area contributed by atoms with E-state index < -0.39 is 0 Å². The summed E-state index contributed by atoms with van der Waals surface area (Å²) in [6.45, 7) is 1.14. The van der Waals surface area contributed by atoms with Crippen LogP contribution in [-0.4, -0.2) is 19.7 Å². The van der Waals surface area contributed by atoms with Crippen LogP contribution in [-0.2, 0) is 6.42 Å². The van der Waals surface area contributed by atoms with Crippen molar-refractivity contribution in [2.75, 3.05) is 13.7 Å². The Kier molecular flexibility index (Phi) is 5.80. The third kappa shape index (κ3) is 4.87. The van der Waals surface area contributed by atoms with Crippen molar-refractivity contribution in [3.05, 3.63) is 27.7 Å². The van der Waals surface area contributed by atoms with Crippen LogP contribution in [0.2, 0.25) is 10.0 Å². The van der Waals surface area contributed by atoms with E-state index in [0.29, 0.717) is 10.8 Å². The summed E-state index contributed by atoms with van der Waals surface area (Å²) >= 11 is 12.3. The van der Waals surface area contributed by atoms with E-state index in [9.17, 15) is 0 Å². The van der Waals surface area contributed by atoms with E-state index in [1.165, 1.54) is 25.7 Å².